The zero-order valence-corrected chi connectivity index (χ0v) is 14.3. The first-order chi connectivity index (χ1) is 5.78. The molecule has 0 aromatic rings. The predicted octanol–water partition coefficient (Wildman–Crippen LogP) is 2.43. The van der Waals surface area contributed by atoms with Gasteiger partial charge in [0.05, 0.1) is 0 Å². The Balaban J connectivity index is 4.22. The van der Waals surface area contributed by atoms with Gasteiger partial charge in [-0.15, -0.1) is 0 Å². The molecule has 0 bridgehead atoms. The minimum absolute atomic E-state index is 0.456. The monoisotopic (exact) mass is 292 g/mol. The fourth-order valence-corrected chi connectivity index (χ4v) is 7.99. The van der Waals surface area contributed by atoms with Crippen molar-refractivity contribution in [3.8, 4) is 0 Å². The molecule has 0 aromatic heterocycles. The normalized spacial score (nSPS) is 17.3. The molecule has 4 heteroatoms. The van der Waals surface area contributed by atoms with Gasteiger partial charge in [-0.05, 0) is 0 Å². The van der Waals surface area contributed by atoms with Crippen molar-refractivity contribution in [2.75, 3.05) is 0 Å². The van der Waals surface area contributed by atoms with Crippen LogP contribution in [-0.4, -0.2) is 26.9 Å². The van der Waals surface area contributed by atoms with Crippen LogP contribution in [0, 0.1) is 0 Å². The van der Waals surface area contributed by atoms with Gasteiger partial charge in [0.25, 0.3) is 0 Å². The SMILES string of the molecule is CC(O[Si](C)(C)C)C([CH]=[Zr+2])[SiH](C)C. The molecule has 0 aromatic carbocycles. The van der Waals surface area contributed by atoms with E-state index in [0.29, 0.717) is 6.10 Å². The average Bonchev–Trinajstić information content (AvgIpc) is 1.82. The summed E-state index contributed by atoms with van der Waals surface area (Å²) in [7, 11) is -1.90. The van der Waals surface area contributed by atoms with Crippen LogP contribution < -0.4 is 0 Å². The molecule has 74 valence electrons. The maximum atomic E-state index is 6.11. The van der Waals surface area contributed by atoms with Gasteiger partial charge in [0.15, 0.2) is 0 Å². The number of rotatable bonds is 5. The van der Waals surface area contributed by atoms with Crippen LogP contribution in [0.3, 0.4) is 0 Å². The van der Waals surface area contributed by atoms with E-state index in [9.17, 15) is 0 Å². The Kier molecular flexibility index (Phi) is 6.41. The Labute approximate surface area is 100 Å². The Hall–Kier alpha value is 1.15. The summed E-state index contributed by atoms with van der Waals surface area (Å²) in [6.45, 7) is 13.9. The predicted molar refractivity (Wildman–Crippen MR) is 62.6 cm³/mol. The molecule has 0 aliphatic carbocycles. The molecule has 0 rings (SSSR count). The van der Waals surface area contributed by atoms with E-state index in [1.165, 1.54) is 0 Å². The third-order valence-electron chi connectivity index (χ3n) is 2.04. The molecule has 1 nitrogen and oxygen atoms in total. The summed E-state index contributed by atoms with van der Waals surface area (Å²) in [5.74, 6) is 0. The molecule has 0 aliphatic rings. The van der Waals surface area contributed by atoms with E-state index >= 15 is 0 Å². The van der Waals surface area contributed by atoms with Crippen molar-refractivity contribution in [1.82, 2.24) is 0 Å². The first kappa shape index (κ1) is 14.1. The van der Waals surface area contributed by atoms with Crippen LogP contribution in [-0.2, 0) is 28.7 Å². The molecule has 0 fully saturated rings. The Morgan fingerprint density at radius 1 is 1.31 bits per heavy atom. The zero-order valence-electron chi connectivity index (χ0n) is 9.72. The first-order valence-electron chi connectivity index (χ1n) is 4.96. The van der Waals surface area contributed by atoms with Crippen molar-refractivity contribution < 1.29 is 28.7 Å². The third kappa shape index (κ3) is 6.27. The summed E-state index contributed by atoms with van der Waals surface area (Å²) < 4.78 is 8.53. The van der Waals surface area contributed by atoms with Gasteiger partial charge in [-0.1, -0.05) is 0 Å². The van der Waals surface area contributed by atoms with Gasteiger partial charge in [0, 0.05) is 0 Å². The summed E-state index contributed by atoms with van der Waals surface area (Å²) in [5.41, 5.74) is 0.768. The van der Waals surface area contributed by atoms with Crippen LogP contribution >= 0.6 is 0 Å². The quantitative estimate of drug-likeness (QED) is 0.708. The van der Waals surface area contributed by atoms with E-state index in [4.69, 9.17) is 4.43 Å². The molecule has 0 spiro atoms. The summed E-state index contributed by atoms with van der Waals surface area (Å²) in [5, 5.41) is 0. The molecule has 2 atom stereocenters. The summed E-state index contributed by atoms with van der Waals surface area (Å²) >= 11 is 1.54. The van der Waals surface area contributed by atoms with Gasteiger partial charge in [-0.3, -0.25) is 0 Å². The second-order valence-electron chi connectivity index (χ2n) is 4.92. The number of hydrogen-bond acceptors (Lipinski definition) is 1. The van der Waals surface area contributed by atoms with Crippen molar-refractivity contribution in [2.45, 2.75) is 51.3 Å². The minimum atomic E-state index is -1.33. The van der Waals surface area contributed by atoms with Crippen LogP contribution in [0.1, 0.15) is 6.92 Å². The molecule has 0 saturated carbocycles. The fourth-order valence-electron chi connectivity index (χ4n) is 1.51. The summed E-state index contributed by atoms with van der Waals surface area (Å²) in [6.07, 6.45) is 0.456. The topological polar surface area (TPSA) is 9.23 Å². The van der Waals surface area contributed by atoms with E-state index in [0.717, 1.165) is 5.54 Å². The zero-order chi connectivity index (χ0) is 10.6. The van der Waals surface area contributed by atoms with Gasteiger partial charge in [0.1, 0.15) is 0 Å². The summed E-state index contributed by atoms with van der Waals surface area (Å²) in [4.78, 5) is 0. The van der Waals surface area contributed by atoms with Gasteiger partial charge in [-0.25, -0.2) is 0 Å². The van der Waals surface area contributed by atoms with Crippen molar-refractivity contribution in [1.29, 1.82) is 0 Å². The molecule has 13 heavy (non-hydrogen) atoms. The van der Waals surface area contributed by atoms with Crippen molar-refractivity contribution in [2.24, 2.45) is 0 Å². The molecular formula is C9H22OSi2Zr+2. The van der Waals surface area contributed by atoms with Crippen molar-refractivity contribution in [3.63, 3.8) is 0 Å². The Morgan fingerprint density at radius 2 is 1.77 bits per heavy atom. The number of hydrogen-bond donors (Lipinski definition) is 0. The van der Waals surface area contributed by atoms with Gasteiger partial charge in [0.2, 0.25) is 0 Å². The van der Waals surface area contributed by atoms with E-state index in [-0.39, 0.29) is 0 Å². The van der Waals surface area contributed by atoms with E-state index in [1.54, 1.807) is 24.2 Å². The molecule has 0 amide bonds. The van der Waals surface area contributed by atoms with Crippen molar-refractivity contribution >= 4 is 20.8 Å². The molecular weight excluding hydrogens is 271 g/mol. The molecule has 0 saturated heterocycles. The maximum absolute atomic E-state index is 6.11. The molecule has 0 aliphatic heterocycles. The van der Waals surface area contributed by atoms with Gasteiger partial charge >= 0.3 is 101 Å². The van der Waals surface area contributed by atoms with Gasteiger partial charge < -0.3 is 0 Å². The van der Waals surface area contributed by atoms with E-state index in [1.807, 2.05) is 0 Å². The standard InChI is InChI=1S/C9H22OSi2.Zr/c1-8(9(2)11(3)4)10-12(5,6)7;/h2,8-9,11H,1,3-7H3;/q;+2. The Bertz CT molecular complexity index is 165. The molecule has 0 heterocycles. The van der Waals surface area contributed by atoms with E-state index < -0.39 is 17.1 Å². The molecule has 0 radical (unpaired) electrons. The van der Waals surface area contributed by atoms with Crippen LogP contribution in [0.2, 0.25) is 38.3 Å². The summed E-state index contributed by atoms with van der Waals surface area (Å²) in [6, 6.07) is 0. The van der Waals surface area contributed by atoms with Crippen LogP contribution in [0.4, 0.5) is 0 Å². The average molecular weight is 294 g/mol. The van der Waals surface area contributed by atoms with Crippen LogP contribution in [0.15, 0.2) is 0 Å². The second-order valence-corrected chi connectivity index (χ2v) is 13.5. The van der Waals surface area contributed by atoms with Crippen LogP contribution in [0.25, 0.3) is 0 Å². The molecule has 0 N–H and O–H groups in total. The van der Waals surface area contributed by atoms with Crippen LogP contribution in [0.5, 0.6) is 0 Å². The third-order valence-corrected chi connectivity index (χ3v) is 7.29. The molecule has 2 unspecified atom stereocenters. The second kappa shape index (κ2) is 5.89. The first-order valence-corrected chi connectivity index (χ1v) is 12.8. The van der Waals surface area contributed by atoms with E-state index in [2.05, 4.69) is 43.4 Å². The Morgan fingerprint density at radius 3 is 2.00 bits per heavy atom. The van der Waals surface area contributed by atoms with Crippen molar-refractivity contribution in [3.05, 3.63) is 0 Å². The van der Waals surface area contributed by atoms with Gasteiger partial charge in [-0.2, -0.15) is 0 Å². The fraction of sp³-hybridized carbons (Fsp3) is 0.889.